The molecule has 4 N–H and O–H groups in total. The number of nitrogens with zero attached hydrogens (tertiary/aromatic N) is 1. The summed E-state index contributed by atoms with van der Waals surface area (Å²) in [5.41, 5.74) is -1.44. The van der Waals surface area contributed by atoms with Gasteiger partial charge in [-0.15, -0.1) is 0 Å². The Balaban J connectivity index is 1.89. The number of alkyl halides is 3. The van der Waals surface area contributed by atoms with Gasteiger partial charge in [0.2, 0.25) is 0 Å². The van der Waals surface area contributed by atoms with Gasteiger partial charge in [0, 0.05) is 0 Å². The van der Waals surface area contributed by atoms with Crippen molar-refractivity contribution < 1.29 is 36.6 Å². The van der Waals surface area contributed by atoms with E-state index < -0.39 is 68.5 Å². The van der Waals surface area contributed by atoms with E-state index in [0.717, 1.165) is 0 Å². The number of carbonyl (C=O) groups is 4. The zero-order chi connectivity index (χ0) is 28.3. The van der Waals surface area contributed by atoms with E-state index in [2.05, 4.69) is 10.0 Å². The van der Waals surface area contributed by atoms with Gasteiger partial charge in [0.1, 0.15) is 0 Å². The summed E-state index contributed by atoms with van der Waals surface area (Å²) in [6.07, 6.45) is 1.79. The number of nitrogens with one attached hydrogen (secondary N) is 4. The minimum absolute atomic E-state index is 0.00223. The third-order valence-corrected chi connectivity index (χ3v) is 11.1. The van der Waals surface area contributed by atoms with Crippen molar-refractivity contribution in [3.63, 3.8) is 0 Å². The van der Waals surface area contributed by atoms with Gasteiger partial charge in [0.05, 0.1) is 0 Å². The van der Waals surface area contributed by atoms with E-state index in [-0.39, 0.29) is 32.1 Å². The molecular formula is C23H34F3N5O5SSe. The molecule has 3 rings (SSSR count). The first-order valence-electron chi connectivity index (χ1n) is 12.5. The first-order valence-corrected chi connectivity index (χ1v) is 16.6. The first kappa shape index (κ1) is 30.4. The van der Waals surface area contributed by atoms with Crippen LogP contribution in [0.3, 0.4) is 0 Å². The molecule has 2 aliphatic heterocycles. The molecule has 2 fully saturated rings. The molecule has 1 saturated heterocycles. The van der Waals surface area contributed by atoms with E-state index >= 15 is 0 Å². The van der Waals surface area contributed by atoms with Gasteiger partial charge in [-0.3, -0.25) is 0 Å². The van der Waals surface area contributed by atoms with Gasteiger partial charge in [0.25, 0.3) is 0 Å². The molecule has 15 heteroatoms. The van der Waals surface area contributed by atoms with Gasteiger partial charge in [-0.2, -0.15) is 0 Å². The van der Waals surface area contributed by atoms with Crippen LogP contribution in [-0.2, 0) is 29.1 Å². The van der Waals surface area contributed by atoms with Crippen LogP contribution in [0.2, 0.25) is 5.32 Å². The zero-order valence-corrected chi connectivity index (χ0v) is 23.8. The van der Waals surface area contributed by atoms with Crippen molar-refractivity contribution >= 4 is 48.5 Å². The molecule has 0 aromatic rings. The molecule has 0 spiro atoms. The van der Waals surface area contributed by atoms with E-state index in [0.29, 0.717) is 38.5 Å². The number of amides is 4. The molecule has 3 aliphatic rings. The summed E-state index contributed by atoms with van der Waals surface area (Å²) < 4.78 is 61.9. The topological polar surface area (TPSA) is 149 Å². The van der Waals surface area contributed by atoms with Gasteiger partial charge in [0.15, 0.2) is 0 Å². The SMILES string of the molecule is C[C@H]1/C=C\CCCCC[C@H](NC(=O)C(F)(F)F)C(=O)N2C[Se]C[C@H]2C(=O)N[C@@]1(C)C(=O)NS(=N)(=O)C1CC1. The van der Waals surface area contributed by atoms with Crippen LogP contribution in [0.4, 0.5) is 13.2 Å². The van der Waals surface area contributed by atoms with Crippen LogP contribution < -0.4 is 15.4 Å². The van der Waals surface area contributed by atoms with Crippen LogP contribution in [0.5, 0.6) is 0 Å². The summed E-state index contributed by atoms with van der Waals surface area (Å²) in [6, 6.07) is -2.47. The van der Waals surface area contributed by atoms with Crippen LogP contribution in [-0.4, -0.2) is 82.2 Å². The second kappa shape index (κ2) is 12.0. The van der Waals surface area contributed by atoms with E-state index in [1.165, 1.54) is 11.8 Å². The van der Waals surface area contributed by atoms with Crippen molar-refractivity contribution in [1.82, 2.24) is 20.3 Å². The maximum absolute atomic E-state index is 13.5. The standard InChI is InChI=1S/C23H34F3N5O5SSe/c1-14-8-6-4-3-5-7-9-16(28-21(35)23(24,25)26)19(33)31-13-38-12-17(31)18(32)29-22(14,2)20(34)30-37(27,36)15-10-11-15/h6,8,14-17H,3-5,7,9-13H2,1-2H3,(H,28,35)(H,29,32)(H2,27,30,34,36)/b8-6-/t14-,16-,17-,22+,37?/m0/s1. The molecule has 1 aliphatic carbocycles. The fraction of sp³-hybridized carbons (Fsp3) is 0.739. The number of rotatable bonds is 4. The predicted octanol–water partition coefficient (Wildman–Crippen LogP) is 1.60. The van der Waals surface area contributed by atoms with Crippen LogP contribution in [0.15, 0.2) is 12.2 Å². The summed E-state index contributed by atoms with van der Waals surface area (Å²) in [5, 5.41) is 4.35. The van der Waals surface area contributed by atoms with Gasteiger partial charge in [-0.25, -0.2) is 0 Å². The van der Waals surface area contributed by atoms with Crippen LogP contribution in [0.25, 0.3) is 0 Å². The Morgan fingerprint density at radius 1 is 1.21 bits per heavy atom. The zero-order valence-electron chi connectivity index (χ0n) is 21.3. The van der Waals surface area contributed by atoms with E-state index in [1.807, 2.05) is 6.08 Å². The van der Waals surface area contributed by atoms with Crippen molar-refractivity contribution in [3.05, 3.63) is 12.2 Å². The van der Waals surface area contributed by atoms with Crippen molar-refractivity contribution in [2.45, 2.75) is 93.2 Å². The monoisotopic (exact) mass is 629 g/mol. The molecule has 214 valence electrons. The quantitative estimate of drug-likeness (QED) is 0.276. The Kier molecular flexibility index (Phi) is 9.57. The minimum atomic E-state index is -5.16. The molecule has 38 heavy (non-hydrogen) atoms. The molecular weight excluding hydrogens is 594 g/mol. The van der Waals surface area contributed by atoms with Crippen LogP contribution in [0, 0.1) is 10.7 Å². The molecule has 2 heterocycles. The third kappa shape index (κ3) is 7.29. The van der Waals surface area contributed by atoms with Crippen molar-refractivity contribution in [1.29, 1.82) is 4.78 Å². The molecule has 0 radical (unpaired) electrons. The van der Waals surface area contributed by atoms with Crippen LogP contribution in [0.1, 0.15) is 58.8 Å². The Bertz CT molecular complexity index is 1080. The Morgan fingerprint density at radius 2 is 1.89 bits per heavy atom. The summed E-state index contributed by atoms with van der Waals surface area (Å²) >= 11 is -0.201. The number of hydrogen-bond donors (Lipinski definition) is 4. The predicted molar refractivity (Wildman–Crippen MR) is 134 cm³/mol. The molecule has 1 unspecified atom stereocenters. The second-order valence-electron chi connectivity index (χ2n) is 10.1. The van der Waals surface area contributed by atoms with Gasteiger partial charge < -0.3 is 0 Å². The molecule has 4 amide bonds. The second-order valence-corrected chi connectivity index (χ2v) is 14.3. The first-order chi connectivity index (χ1) is 17.7. The van der Waals surface area contributed by atoms with Crippen LogP contribution >= 0.6 is 0 Å². The number of carbonyl (C=O) groups excluding carboxylic acids is 4. The molecule has 0 aromatic carbocycles. The fourth-order valence-electron chi connectivity index (χ4n) is 4.30. The van der Waals surface area contributed by atoms with Gasteiger partial charge in [-0.05, 0) is 0 Å². The molecule has 5 atom stereocenters. The number of halogens is 3. The van der Waals surface area contributed by atoms with Crippen molar-refractivity contribution in [2.75, 3.05) is 5.44 Å². The molecule has 10 nitrogen and oxygen atoms in total. The number of fused-ring (bicyclic) bond motifs is 1. The third-order valence-electron chi connectivity index (χ3n) is 7.12. The fourth-order valence-corrected chi connectivity index (χ4v) is 8.19. The Morgan fingerprint density at radius 3 is 2.53 bits per heavy atom. The molecule has 0 bridgehead atoms. The van der Waals surface area contributed by atoms with Crippen molar-refractivity contribution in [3.8, 4) is 0 Å². The van der Waals surface area contributed by atoms with E-state index in [9.17, 15) is 36.6 Å². The normalized spacial score (nSPS) is 32.1. The summed E-state index contributed by atoms with van der Waals surface area (Å²) in [5.74, 6) is -5.00. The Hall–Kier alpha value is -2.12. The average molecular weight is 629 g/mol. The number of hydrogen-bond acceptors (Lipinski definition) is 6. The maximum atomic E-state index is 13.5. The van der Waals surface area contributed by atoms with Gasteiger partial charge >= 0.3 is 227 Å². The van der Waals surface area contributed by atoms with E-state index in [1.54, 1.807) is 18.3 Å². The summed E-state index contributed by atoms with van der Waals surface area (Å²) in [4.78, 5) is 53.0. The van der Waals surface area contributed by atoms with Crippen molar-refractivity contribution in [2.24, 2.45) is 5.92 Å². The average Bonchev–Trinajstić information content (AvgIpc) is 3.58. The molecule has 1 saturated carbocycles. The summed E-state index contributed by atoms with van der Waals surface area (Å²) in [7, 11) is -3.41. The number of allylic oxidation sites excluding steroid dienone is 1. The summed E-state index contributed by atoms with van der Waals surface area (Å²) in [6.45, 7) is 3.18. The molecule has 0 aromatic heterocycles. The Labute approximate surface area is 226 Å². The van der Waals surface area contributed by atoms with E-state index in [4.69, 9.17) is 4.78 Å². The van der Waals surface area contributed by atoms with Gasteiger partial charge in [-0.1, -0.05) is 0 Å².